The van der Waals surface area contributed by atoms with Crippen LogP contribution < -0.4 is 10.6 Å². The third-order valence-electron chi connectivity index (χ3n) is 2.83. The van der Waals surface area contributed by atoms with Gasteiger partial charge < -0.3 is 10.6 Å². The van der Waals surface area contributed by atoms with Crippen molar-refractivity contribution in [3.63, 3.8) is 0 Å². The average molecular weight is 305 g/mol. The van der Waals surface area contributed by atoms with Crippen LogP contribution in [0.1, 0.15) is 29.9 Å². The van der Waals surface area contributed by atoms with E-state index in [0.717, 1.165) is 11.3 Å². The number of carbonyl (C=O) groups is 1. The summed E-state index contributed by atoms with van der Waals surface area (Å²) < 4.78 is 0. The van der Waals surface area contributed by atoms with E-state index in [0.29, 0.717) is 10.8 Å². The highest BCUT2D eigenvalue weighted by molar-refractivity contribution is 6.31. The number of halogens is 1. The summed E-state index contributed by atoms with van der Waals surface area (Å²) in [5, 5.41) is 6.58. The summed E-state index contributed by atoms with van der Waals surface area (Å²) in [6.45, 7) is 5.70. The molecule has 0 radical (unpaired) electrons. The van der Waals surface area contributed by atoms with Gasteiger partial charge in [0.05, 0.1) is 12.4 Å². The zero-order chi connectivity index (χ0) is 15.4. The topological polar surface area (TPSA) is 66.9 Å². The van der Waals surface area contributed by atoms with Crippen molar-refractivity contribution in [2.24, 2.45) is 0 Å². The van der Waals surface area contributed by atoms with Crippen LogP contribution in [0.4, 0.5) is 11.5 Å². The summed E-state index contributed by atoms with van der Waals surface area (Å²) in [5.41, 5.74) is 2.08. The number of benzene rings is 1. The molecule has 0 aliphatic rings. The first-order chi connectivity index (χ1) is 9.97. The van der Waals surface area contributed by atoms with E-state index in [1.165, 1.54) is 12.4 Å². The van der Waals surface area contributed by atoms with E-state index in [-0.39, 0.29) is 17.6 Å². The van der Waals surface area contributed by atoms with Crippen LogP contribution in [-0.2, 0) is 0 Å². The van der Waals surface area contributed by atoms with Gasteiger partial charge in [0.25, 0.3) is 5.91 Å². The Morgan fingerprint density at radius 1 is 1.24 bits per heavy atom. The number of amides is 1. The van der Waals surface area contributed by atoms with Crippen molar-refractivity contribution in [2.75, 3.05) is 5.32 Å². The molecule has 21 heavy (non-hydrogen) atoms. The van der Waals surface area contributed by atoms with Crippen molar-refractivity contribution < 1.29 is 4.79 Å². The number of nitrogens with zero attached hydrogens (tertiary/aromatic N) is 2. The molecular formula is C15H17ClN4O. The van der Waals surface area contributed by atoms with E-state index >= 15 is 0 Å². The van der Waals surface area contributed by atoms with Crippen LogP contribution in [0.25, 0.3) is 0 Å². The smallest absolute Gasteiger partial charge is 0.271 e. The van der Waals surface area contributed by atoms with Crippen LogP contribution in [0.5, 0.6) is 0 Å². The number of hydrogen-bond acceptors (Lipinski definition) is 4. The summed E-state index contributed by atoms with van der Waals surface area (Å²) in [6.07, 6.45) is 2.97. The molecule has 0 saturated heterocycles. The van der Waals surface area contributed by atoms with Crippen LogP contribution in [0.3, 0.4) is 0 Å². The molecule has 0 aliphatic carbocycles. The highest BCUT2D eigenvalue weighted by Gasteiger charge is 2.09. The first-order valence-electron chi connectivity index (χ1n) is 6.62. The predicted molar refractivity (Wildman–Crippen MR) is 84.1 cm³/mol. The second-order valence-corrected chi connectivity index (χ2v) is 5.36. The normalized spacial score (nSPS) is 10.5. The van der Waals surface area contributed by atoms with Crippen molar-refractivity contribution in [2.45, 2.75) is 26.8 Å². The fraction of sp³-hybridized carbons (Fsp3) is 0.267. The van der Waals surface area contributed by atoms with Gasteiger partial charge in [0.1, 0.15) is 11.5 Å². The molecule has 1 heterocycles. The molecular weight excluding hydrogens is 288 g/mol. The van der Waals surface area contributed by atoms with Crippen LogP contribution in [-0.4, -0.2) is 21.9 Å². The highest BCUT2D eigenvalue weighted by atomic mass is 35.5. The third-order valence-corrected chi connectivity index (χ3v) is 3.24. The van der Waals surface area contributed by atoms with Gasteiger partial charge in [-0.05, 0) is 38.5 Å². The van der Waals surface area contributed by atoms with Crippen LogP contribution in [0.15, 0.2) is 30.6 Å². The SMILES string of the molecule is Cc1c(Cl)cccc1Nc1cnc(C(=O)NC(C)C)cn1. The molecule has 5 nitrogen and oxygen atoms in total. The van der Waals surface area contributed by atoms with Crippen molar-refractivity contribution in [3.8, 4) is 0 Å². The molecule has 0 fully saturated rings. The Hall–Kier alpha value is -2.14. The lowest BCUT2D eigenvalue weighted by Gasteiger charge is -2.10. The molecule has 2 aromatic rings. The van der Waals surface area contributed by atoms with Gasteiger partial charge in [-0.2, -0.15) is 0 Å². The van der Waals surface area contributed by atoms with Crippen LogP contribution in [0.2, 0.25) is 5.02 Å². The highest BCUT2D eigenvalue weighted by Crippen LogP contribution is 2.25. The quantitative estimate of drug-likeness (QED) is 0.909. The number of rotatable bonds is 4. The summed E-state index contributed by atoms with van der Waals surface area (Å²) >= 11 is 6.07. The van der Waals surface area contributed by atoms with Crippen molar-refractivity contribution in [1.29, 1.82) is 0 Å². The fourth-order valence-corrected chi connectivity index (χ4v) is 1.90. The molecule has 1 amide bonds. The number of carbonyl (C=O) groups excluding carboxylic acids is 1. The summed E-state index contributed by atoms with van der Waals surface area (Å²) in [4.78, 5) is 20.1. The van der Waals surface area contributed by atoms with Gasteiger partial charge in [-0.25, -0.2) is 9.97 Å². The molecule has 0 bridgehead atoms. The Morgan fingerprint density at radius 3 is 2.62 bits per heavy atom. The van der Waals surface area contributed by atoms with E-state index < -0.39 is 0 Å². The Balaban J connectivity index is 2.12. The third kappa shape index (κ3) is 3.92. The zero-order valence-corrected chi connectivity index (χ0v) is 12.9. The summed E-state index contributed by atoms with van der Waals surface area (Å²) in [6, 6.07) is 5.65. The summed E-state index contributed by atoms with van der Waals surface area (Å²) in [5.74, 6) is 0.324. The largest absolute Gasteiger partial charge is 0.348 e. The Bertz CT molecular complexity index is 641. The summed E-state index contributed by atoms with van der Waals surface area (Å²) in [7, 11) is 0. The minimum absolute atomic E-state index is 0.0613. The fourth-order valence-electron chi connectivity index (χ4n) is 1.73. The van der Waals surface area contributed by atoms with Gasteiger partial charge in [-0.3, -0.25) is 4.79 Å². The number of nitrogens with one attached hydrogen (secondary N) is 2. The first kappa shape index (κ1) is 15.3. The second kappa shape index (κ2) is 6.54. The molecule has 2 N–H and O–H groups in total. The Kier molecular flexibility index (Phi) is 4.75. The predicted octanol–water partition coefficient (Wildman–Crippen LogP) is 3.32. The van der Waals surface area contributed by atoms with E-state index in [4.69, 9.17) is 11.6 Å². The lowest BCUT2D eigenvalue weighted by molar-refractivity contribution is 0.0937. The van der Waals surface area contributed by atoms with Gasteiger partial charge in [-0.1, -0.05) is 17.7 Å². The lowest BCUT2D eigenvalue weighted by atomic mass is 10.2. The van der Waals surface area contributed by atoms with Crippen LogP contribution >= 0.6 is 11.6 Å². The standard InChI is InChI=1S/C15H17ClN4O/c1-9(2)19-15(21)13-7-18-14(8-17-13)20-12-6-4-5-11(16)10(12)3/h4-9H,1-3H3,(H,18,20)(H,19,21). The Morgan fingerprint density at radius 2 is 2.00 bits per heavy atom. The zero-order valence-electron chi connectivity index (χ0n) is 12.1. The van der Waals surface area contributed by atoms with Gasteiger partial charge in [0.15, 0.2) is 0 Å². The number of hydrogen-bond donors (Lipinski definition) is 2. The maximum Gasteiger partial charge on any atom is 0.271 e. The van der Waals surface area contributed by atoms with Gasteiger partial charge in [-0.15, -0.1) is 0 Å². The lowest BCUT2D eigenvalue weighted by Crippen LogP contribution is -2.30. The maximum atomic E-state index is 11.8. The van der Waals surface area contributed by atoms with Crippen molar-refractivity contribution in [3.05, 3.63) is 46.9 Å². The number of aromatic nitrogens is 2. The van der Waals surface area contributed by atoms with Gasteiger partial charge in [0, 0.05) is 16.8 Å². The van der Waals surface area contributed by atoms with E-state index in [9.17, 15) is 4.79 Å². The molecule has 1 aromatic heterocycles. The Labute approximate surface area is 128 Å². The first-order valence-corrected chi connectivity index (χ1v) is 7.00. The van der Waals surface area contributed by atoms with Gasteiger partial charge >= 0.3 is 0 Å². The molecule has 1 aromatic carbocycles. The number of anilines is 2. The van der Waals surface area contributed by atoms with Crippen molar-refractivity contribution in [1.82, 2.24) is 15.3 Å². The minimum atomic E-state index is -0.233. The van der Waals surface area contributed by atoms with E-state index in [2.05, 4.69) is 20.6 Å². The van der Waals surface area contributed by atoms with Crippen LogP contribution in [0, 0.1) is 6.92 Å². The molecule has 2 rings (SSSR count). The molecule has 0 aliphatic heterocycles. The second-order valence-electron chi connectivity index (χ2n) is 4.95. The molecule has 0 spiro atoms. The molecule has 0 atom stereocenters. The maximum absolute atomic E-state index is 11.8. The monoisotopic (exact) mass is 304 g/mol. The van der Waals surface area contributed by atoms with Gasteiger partial charge in [0.2, 0.25) is 0 Å². The molecule has 110 valence electrons. The molecule has 0 saturated carbocycles. The molecule has 6 heteroatoms. The van der Waals surface area contributed by atoms with Crippen molar-refractivity contribution >= 4 is 29.0 Å². The van der Waals surface area contributed by atoms with E-state index in [1.807, 2.05) is 39.0 Å². The minimum Gasteiger partial charge on any atom is -0.348 e. The van der Waals surface area contributed by atoms with E-state index in [1.54, 1.807) is 0 Å². The molecule has 0 unspecified atom stereocenters. The average Bonchev–Trinajstić information content (AvgIpc) is 2.44.